The SMILES string of the molecule is C=S1(=O)CCN(C(C)(C)C)CC1.CC(C)(C)N1CCC(F)(F)CC1.CC(C)(C)N1CCCC1.CC(C)(C)N1CCCCC1.CC(C)(C)N1CCOCC1.CC1CN(C(C)(C)C)C1. The Morgan fingerprint density at radius 1 is 0.452 bits per heavy atom. The number of nitrogens with zero attached hydrogens (tertiary/aromatic N) is 6. The molecule has 0 aromatic carbocycles. The molecule has 6 aliphatic rings. The van der Waals surface area contributed by atoms with Gasteiger partial charge in [-0.3, -0.25) is 33.6 Å². The van der Waals surface area contributed by atoms with Gasteiger partial charge in [0.05, 0.1) is 13.2 Å². The molecule has 0 bridgehead atoms. The van der Waals surface area contributed by atoms with Crippen LogP contribution in [-0.4, -0.2) is 182 Å². The van der Waals surface area contributed by atoms with E-state index in [4.69, 9.17) is 4.74 Å². The molecule has 6 aliphatic heterocycles. The second kappa shape index (κ2) is 25.1. The summed E-state index contributed by atoms with van der Waals surface area (Å²) in [5, 5.41) is 0. The highest BCUT2D eigenvalue weighted by molar-refractivity contribution is 8.00. The van der Waals surface area contributed by atoms with Crippen LogP contribution in [0, 0.1) is 5.92 Å². The number of halogens is 2. The standard InChI is InChI=1S/C9H17F2N.C9H19NOS.C9H19N.C8H17NO.2C8H17N/c1-8(2,3)12-6-4-9(10,11)5-7-12;1-9(2,3)10-5-7-12(4,11)8-6-10;1-9(2,3)10-7-5-4-6-8-10;1-8(2,3)9-4-6-10-7-5-9;1-7-5-9(6-7)8(2,3)4;1-8(2,3)9-6-4-5-7-9/h4-7H2,1-3H3;4-8H2,1-3H3;4-8H2,1-3H3;4-7H2,1-3H3;7H,5-6H2,1-4H3;4-7H2,1-3H3. The Balaban J connectivity index is 0.000000373. The largest absolute Gasteiger partial charge is 0.379 e. The van der Waals surface area contributed by atoms with Gasteiger partial charge in [-0.25, -0.2) is 8.78 Å². The maximum atomic E-state index is 12.7. The van der Waals surface area contributed by atoms with Crippen molar-refractivity contribution in [3.05, 3.63) is 0 Å². The molecule has 0 N–H and O–H groups in total. The molecule has 0 saturated carbocycles. The Morgan fingerprint density at radius 2 is 0.726 bits per heavy atom. The predicted molar refractivity (Wildman–Crippen MR) is 270 cm³/mol. The molecule has 0 amide bonds. The summed E-state index contributed by atoms with van der Waals surface area (Å²) in [7, 11) is -1.72. The molecule has 0 aromatic heterocycles. The molecule has 8 nitrogen and oxygen atoms in total. The van der Waals surface area contributed by atoms with Crippen LogP contribution in [-0.2, 0) is 14.3 Å². The van der Waals surface area contributed by atoms with Gasteiger partial charge in [0.25, 0.3) is 5.92 Å². The van der Waals surface area contributed by atoms with E-state index < -0.39 is 15.4 Å². The maximum absolute atomic E-state index is 12.7. The number of hydrogen-bond acceptors (Lipinski definition) is 8. The molecule has 0 aliphatic carbocycles. The summed E-state index contributed by atoms with van der Waals surface area (Å²) >= 11 is 0. The van der Waals surface area contributed by atoms with E-state index in [0.29, 0.717) is 35.2 Å². The molecule has 0 spiro atoms. The van der Waals surface area contributed by atoms with Crippen LogP contribution in [0.4, 0.5) is 8.78 Å². The van der Waals surface area contributed by atoms with Crippen LogP contribution >= 0.6 is 0 Å². The van der Waals surface area contributed by atoms with Gasteiger partial charge in [0, 0.05) is 110 Å². The van der Waals surface area contributed by atoms with Crippen molar-refractivity contribution >= 4 is 15.4 Å². The van der Waals surface area contributed by atoms with Crippen LogP contribution in [0.25, 0.3) is 0 Å². The number of rotatable bonds is 0. The minimum Gasteiger partial charge on any atom is -0.379 e. The van der Waals surface area contributed by atoms with Gasteiger partial charge in [-0.05, 0) is 198 Å². The van der Waals surface area contributed by atoms with Crippen molar-refractivity contribution in [1.82, 2.24) is 29.4 Å². The van der Waals surface area contributed by atoms with E-state index in [1.54, 1.807) is 0 Å². The van der Waals surface area contributed by atoms with Gasteiger partial charge in [0.15, 0.2) is 0 Å². The number of ether oxygens (including phenoxy) is 1. The van der Waals surface area contributed by atoms with Gasteiger partial charge in [-0.1, -0.05) is 13.3 Å². The highest BCUT2D eigenvalue weighted by Crippen LogP contribution is 2.31. The fourth-order valence-corrected chi connectivity index (χ4v) is 9.69. The topological polar surface area (TPSA) is 45.7 Å². The summed E-state index contributed by atoms with van der Waals surface area (Å²) in [5.74, 6) is 3.80. The van der Waals surface area contributed by atoms with Crippen molar-refractivity contribution in [2.24, 2.45) is 5.92 Å². The summed E-state index contributed by atoms with van der Waals surface area (Å²) in [6.07, 6.45) is 7.07. The van der Waals surface area contributed by atoms with E-state index in [-0.39, 0.29) is 23.9 Å². The van der Waals surface area contributed by atoms with Crippen LogP contribution in [0.5, 0.6) is 0 Å². The third-order valence-corrected chi connectivity index (χ3v) is 15.0. The van der Waals surface area contributed by atoms with E-state index in [2.05, 4.69) is 167 Å². The normalized spacial score (nSPS) is 24.2. The fraction of sp³-hybridized carbons (Fsp3) is 0.980. The van der Waals surface area contributed by atoms with Gasteiger partial charge in [-0.2, -0.15) is 0 Å². The molecule has 11 heteroatoms. The third kappa shape index (κ3) is 24.9. The Hall–Kier alpha value is -0.400. The summed E-state index contributed by atoms with van der Waals surface area (Å²) in [4.78, 5) is 14.6. The number of morpholine rings is 1. The van der Waals surface area contributed by atoms with Gasteiger partial charge in [0.2, 0.25) is 0 Å². The Kier molecular flexibility index (Phi) is 24.1. The van der Waals surface area contributed by atoms with Crippen LogP contribution < -0.4 is 0 Å². The highest BCUT2D eigenvalue weighted by Gasteiger charge is 2.37. The molecular weight excluding hydrogens is 799 g/mol. The van der Waals surface area contributed by atoms with Gasteiger partial charge in [-0.15, -0.1) is 0 Å². The number of likely N-dealkylation sites (tertiary alicyclic amines) is 4. The van der Waals surface area contributed by atoms with Crippen LogP contribution in [0.3, 0.4) is 0 Å². The monoisotopic (exact) mass is 905 g/mol. The van der Waals surface area contributed by atoms with E-state index >= 15 is 0 Å². The van der Waals surface area contributed by atoms with Gasteiger partial charge in [0.1, 0.15) is 0 Å². The molecule has 6 saturated heterocycles. The molecule has 6 rings (SSSR count). The fourth-order valence-electron chi connectivity index (χ4n) is 8.38. The molecule has 0 radical (unpaired) electrons. The van der Waals surface area contributed by atoms with Gasteiger partial charge < -0.3 is 4.74 Å². The molecule has 6 fully saturated rings. The Morgan fingerprint density at radius 3 is 0.984 bits per heavy atom. The lowest BCUT2D eigenvalue weighted by Gasteiger charge is -2.46. The number of alkyl halides is 2. The second-order valence-electron chi connectivity index (χ2n) is 25.1. The van der Waals surface area contributed by atoms with Crippen molar-refractivity contribution < 1.29 is 17.7 Å². The Labute approximate surface area is 386 Å². The van der Waals surface area contributed by atoms with Crippen LogP contribution in [0.1, 0.15) is 176 Å². The van der Waals surface area contributed by atoms with Crippen molar-refractivity contribution in [3.63, 3.8) is 0 Å². The first-order valence-corrected chi connectivity index (χ1v) is 26.8. The van der Waals surface area contributed by atoms with Crippen LogP contribution in [0.15, 0.2) is 0 Å². The molecular formula is C51H106F2N6O2S. The van der Waals surface area contributed by atoms with E-state index in [9.17, 15) is 13.0 Å². The summed E-state index contributed by atoms with van der Waals surface area (Å²) in [6, 6.07) is 0. The average molecular weight is 906 g/mol. The minimum absolute atomic E-state index is 0.0181. The zero-order chi connectivity index (χ0) is 48.0. The smallest absolute Gasteiger partial charge is 0.250 e. The lowest BCUT2D eigenvalue weighted by molar-refractivity contribution is -0.0713. The minimum atomic E-state index is -2.41. The first-order valence-electron chi connectivity index (χ1n) is 24.7. The number of piperidine rings is 2. The summed E-state index contributed by atoms with van der Waals surface area (Å²) in [5.41, 5.74) is 1.81. The second-order valence-corrected chi connectivity index (χ2v) is 27.8. The zero-order valence-electron chi connectivity index (χ0n) is 44.7. The van der Waals surface area contributed by atoms with Crippen molar-refractivity contribution in [3.8, 4) is 0 Å². The predicted octanol–water partition coefficient (Wildman–Crippen LogP) is 10.3. The Bertz CT molecular complexity index is 1260. The maximum Gasteiger partial charge on any atom is 0.250 e. The molecule has 62 heavy (non-hydrogen) atoms. The van der Waals surface area contributed by atoms with Crippen LogP contribution in [0.2, 0.25) is 0 Å². The first kappa shape index (κ1) is 59.6. The van der Waals surface area contributed by atoms with E-state index in [1.165, 1.54) is 71.4 Å². The van der Waals surface area contributed by atoms with Crippen molar-refractivity contribution in [1.29, 1.82) is 0 Å². The summed E-state index contributed by atoms with van der Waals surface area (Å²) in [6.45, 7) is 57.2. The highest BCUT2D eigenvalue weighted by atomic mass is 32.2. The van der Waals surface area contributed by atoms with Crippen molar-refractivity contribution in [2.75, 3.05) is 103 Å². The summed E-state index contributed by atoms with van der Waals surface area (Å²) < 4.78 is 42.3. The number of hydrogen-bond donors (Lipinski definition) is 0. The van der Waals surface area contributed by atoms with E-state index in [0.717, 1.165) is 56.8 Å². The quantitative estimate of drug-likeness (QED) is 0.223. The van der Waals surface area contributed by atoms with E-state index in [1.807, 2.05) is 0 Å². The molecule has 0 atom stereocenters. The molecule has 0 aromatic rings. The average Bonchev–Trinajstić information content (AvgIpc) is 3.67. The molecule has 372 valence electrons. The third-order valence-electron chi connectivity index (χ3n) is 13.2. The lowest BCUT2D eigenvalue weighted by Crippen LogP contribution is -2.54. The molecule has 0 unspecified atom stereocenters. The molecule has 6 heterocycles. The zero-order valence-corrected chi connectivity index (χ0v) is 45.5. The van der Waals surface area contributed by atoms with Gasteiger partial charge >= 0.3 is 0 Å². The first-order chi connectivity index (χ1) is 27.9. The van der Waals surface area contributed by atoms with Crippen molar-refractivity contribution in [2.45, 2.75) is 216 Å². The lowest BCUT2D eigenvalue weighted by atomic mass is 9.94.